The summed E-state index contributed by atoms with van der Waals surface area (Å²) in [5.41, 5.74) is 6.49. The van der Waals surface area contributed by atoms with E-state index < -0.39 is 5.91 Å². The molecule has 14 heavy (non-hydrogen) atoms. The zero-order chi connectivity index (χ0) is 10.1. The van der Waals surface area contributed by atoms with Gasteiger partial charge in [-0.05, 0) is 6.07 Å². The van der Waals surface area contributed by atoms with Crippen LogP contribution in [0.5, 0.6) is 0 Å². The number of para-hydroxylation sites is 1. The van der Waals surface area contributed by atoms with E-state index in [1.54, 1.807) is 6.07 Å². The fourth-order valence-electron chi connectivity index (χ4n) is 1.24. The summed E-state index contributed by atoms with van der Waals surface area (Å²) in [5, 5.41) is 9.31. The molecule has 1 aromatic heterocycles. The van der Waals surface area contributed by atoms with Gasteiger partial charge in [-0.1, -0.05) is 12.1 Å². The number of primary amides is 1. The van der Waals surface area contributed by atoms with Crippen LogP contribution in [0.15, 0.2) is 18.2 Å². The third-order valence-corrected chi connectivity index (χ3v) is 2.92. The molecule has 5 heteroatoms. The number of aromatic nitrogens is 1. The highest BCUT2D eigenvalue weighted by molar-refractivity contribution is 7.20. The van der Waals surface area contributed by atoms with Gasteiger partial charge in [0.15, 0.2) is 5.01 Å². The molecular formula is C9H8N2O2S. The van der Waals surface area contributed by atoms with Gasteiger partial charge in [0.25, 0.3) is 5.91 Å². The van der Waals surface area contributed by atoms with E-state index in [1.165, 1.54) is 11.3 Å². The lowest BCUT2D eigenvalue weighted by molar-refractivity contribution is 0.1000. The van der Waals surface area contributed by atoms with Crippen LogP contribution in [0.2, 0.25) is 0 Å². The van der Waals surface area contributed by atoms with Crippen molar-refractivity contribution >= 4 is 27.5 Å². The lowest BCUT2D eigenvalue weighted by atomic mass is 10.2. The van der Waals surface area contributed by atoms with Crippen LogP contribution in [-0.2, 0) is 6.61 Å². The summed E-state index contributed by atoms with van der Waals surface area (Å²) in [6, 6.07) is 5.43. The molecule has 3 N–H and O–H groups in total. The Morgan fingerprint density at radius 2 is 2.36 bits per heavy atom. The molecule has 1 heterocycles. The third kappa shape index (κ3) is 1.36. The molecule has 72 valence electrons. The summed E-state index contributed by atoms with van der Waals surface area (Å²) in [6.07, 6.45) is 0. The van der Waals surface area contributed by atoms with Crippen LogP contribution in [0.1, 0.15) is 15.4 Å². The van der Waals surface area contributed by atoms with Crippen molar-refractivity contribution in [2.24, 2.45) is 5.73 Å². The smallest absolute Gasteiger partial charge is 0.277 e. The SMILES string of the molecule is NC(=O)c1nc2c(CO)cccc2s1. The quantitative estimate of drug-likeness (QED) is 0.769. The van der Waals surface area contributed by atoms with Crippen molar-refractivity contribution in [2.75, 3.05) is 0 Å². The average molecular weight is 208 g/mol. The Balaban J connectivity index is 2.70. The van der Waals surface area contributed by atoms with Crippen LogP contribution in [0.4, 0.5) is 0 Å². The number of thiazole rings is 1. The van der Waals surface area contributed by atoms with Crippen molar-refractivity contribution in [2.45, 2.75) is 6.61 Å². The minimum absolute atomic E-state index is 0.0841. The highest BCUT2D eigenvalue weighted by atomic mass is 32.1. The van der Waals surface area contributed by atoms with Gasteiger partial charge >= 0.3 is 0 Å². The Bertz CT molecular complexity index is 493. The number of fused-ring (bicyclic) bond motifs is 1. The first-order valence-corrected chi connectivity index (χ1v) is 4.83. The zero-order valence-electron chi connectivity index (χ0n) is 7.23. The van der Waals surface area contributed by atoms with Gasteiger partial charge in [0.1, 0.15) is 0 Å². The fraction of sp³-hybridized carbons (Fsp3) is 0.111. The topological polar surface area (TPSA) is 76.2 Å². The molecule has 0 bridgehead atoms. The number of carbonyl (C=O) groups is 1. The van der Waals surface area contributed by atoms with Crippen molar-refractivity contribution in [1.82, 2.24) is 4.98 Å². The van der Waals surface area contributed by atoms with Gasteiger partial charge in [-0.15, -0.1) is 11.3 Å². The van der Waals surface area contributed by atoms with E-state index in [1.807, 2.05) is 12.1 Å². The van der Waals surface area contributed by atoms with Gasteiger partial charge in [-0.2, -0.15) is 0 Å². The van der Waals surface area contributed by atoms with Crippen molar-refractivity contribution in [3.8, 4) is 0 Å². The molecule has 0 saturated heterocycles. The first-order valence-electron chi connectivity index (χ1n) is 4.01. The number of amides is 1. The summed E-state index contributed by atoms with van der Waals surface area (Å²) in [6.45, 7) is -0.0841. The number of rotatable bonds is 2. The number of benzene rings is 1. The van der Waals surface area contributed by atoms with Crippen LogP contribution in [-0.4, -0.2) is 16.0 Å². The molecule has 4 nitrogen and oxygen atoms in total. The molecule has 2 aromatic rings. The molecule has 0 saturated carbocycles. The monoisotopic (exact) mass is 208 g/mol. The summed E-state index contributed by atoms with van der Waals surface area (Å²) in [4.78, 5) is 14.9. The number of hydrogen-bond acceptors (Lipinski definition) is 4. The molecule has 0 radical (unpaired) electrons. The van der Waals surface area contributed by atoms with Crippen LogP contribution in [0, 0.1) is 0 Å². The normalized spacial score (nSPS) is 10.6. The summed E-state index contributed by atoms with van der Waals surface area (Å²) >= 11 is 1.24. The van der Waals surface area contributed by atoms with Crippen LogP contribution in [0.3, 0.4) is 0 Å². The zero-order valence-corrected chi connectivity index (χ0v) is 8.04. The minimum Gasteiger partial charge on any atom is -0.392 e. The van der Waals surface area contributed by atoms with Crippen molar-refractivity contribution in [3.63, 3.8) is 0 Å². The highest BCUT2D eigenvalue weighted by Crippen LogP contribution is 2.24. The highest BCUT2D eigenvalue weighted by Gasteiger charge is 2.10. The molecule has 0 aliphatic heterocycles. The predicted molar refractivity (Wildman–Crippen MR) is 54.1 cm³/mol. The number of carbonyl (C=O) groups excluding carboxylic acids is 1. The van der Waals surface area contributed by atoms with E-state index in [0.29, 0.717) is 11.1 Å². The van der Waals surface area contributed by atoms with Crippen LogP contribution in [0.25, 0.3) is 10.2 Å². The second kappa shape index (κ2) is 3.36. The number of nitrogens with zero attached hydrogens (tertiary/aromatic N) is 1. The van der Waals surface area contributed by atoms with Crippen LogP contribution < -0.4 is 5.73 Å². The molecule has 1 amide bonds. The predicted octanol–water partition coefficient (Wildman–Crippen LogP) is 0.888. The molecular weight excluding hydrogens is 200 g/mol. The molecule has 0 spiro atoms. The van der Waals surface area contributed by atoms with Gasteiger partial charge in [0.2, 0.25) is 0 Å². The molecule has 0 atom stereocenters. The second-order valence-electron chi connectivity index (χ2n) is 2.81. The van der Waals surface area contributed by atoms with E-state index in [2.05, 4.69) is 4.98 Å². The lowest BCUT2D eigenvalue weighted by Gasteiger charge is -1.94. The Hall–Kier alpha value is -1.46. The van der Waals surface area contributed by atoms with Gasteiger partial charge < -0.3 is 10.8 Å². The van der Waals surface area contributed by atoms with E-state index in [0.717, 1.165) is 4.70 Å². The summed E-state index contributed by atoms with van der Waals surface area (Å²) in [5.74, 6) is -0.532. The largest absolute Gasteiger partial charge is 0.392 e. The Labute approximate surface area is 84.0 Å². The van der Waals surface area contributed by atoms with E-state index in [4.69, 9.17) is 10.8 Å². The second-order valence-corrected chi connectivity index (χ2v) is 3.84. The number of nitrogens with two attached hydrogens (primary N) is 1. The number of hydrogen-bond donors (Lipinski definition) is 2. The maximum absolute atomic E-state index is 10.9. The molecule has 1 aromatic carbocycles. The molecule has 0 fully saturated rings. The number of aliphatic hydroxyl groups excluding tert-OH is 1. The molecule has 0 aliphatic rings. The van der Waals surface area contributed by atoms with Gasteiger partial charge in [0.05, 0.1) is 16.8 Å². The van der Waals surface area contributed by atoms with Crippen LogP contribution >= 0.6 is 11.3 Å². The third-order valence-electron chi connectivity index (χ3n) is 1.88. The van der Waals surface area contributed by atoms with E-state index in [-0.39, 0.29) is 11.6 Å². The molecule has 2 rings (SSSR count). The summed E-state index contributed by atoms with van der Waals surface area (Å²) < 4.78 is 0.866. The Kier molecular flexibility index (Phi) is 2.18. The van der Waals surface area contributed by atoms with E-state index >= 15 is 0 Å². The standard InChI is InChI=1S/C9H8N2O2S/c10-8(13)9-11-7-5(4-12)2-1-3-6(7)14-9/h1-3,12H,4H2,(H2,10,13). The van der Waals surface area contributed by atoms with Gasteiger partial charge in [0, 0.05) is 5.56 Å². The van der Waals surface area contributed by atoms with Gasteiger partial charge in [-0.25, -0.2) is 4.98 Å². The Morgan fingerprint density at radius 3 is 3.00 bits per heavy atom. The average Bonchev–Trinajstić information content (AvgIpc) is 2.60. The van der Waals surface area contributed by atoms with E-state index in [9.17, 15) is 4.79 Å². The number of aliphatic hydroxyl groups is 1. The Morgan fingerprint density at radius 1 is 1.57 bits per heavy atom. The van der Waals surface area contributed by atoms with Crippen molar-refractivity contribution in [3.05, 3.63) is 28.8 Å². The van der Waals surface area contributed by atoms with Gasteiger partial charge in [-0.3, -0.25) is 4.79 Å². The molecule has 0 unspecified atom stereocenters. The first kappa shape index (κ1) is 9.11. The van der Waals surface area contributed by atoms with Crippen molar-refractivity contribution < 1.29 is 9.90 Å². The fourth-order valence-corrected chi connectivity index (χ4v) is 2.10. The maximum Gasteiger partial charge on any atom is 0.277 e. The molecule has 0 aliphatic carbocycles. The lowest BCUT2D eigenvalue weighted by Crippen LogP contribution is -2.09. The summed E-state index contributed by atoms with van der Waals surface area (Å²) in [7, 11) is 0. The minimum atomic E-state index is -0.532. The first-order chi connectivity index (χ1) is 6.72. The van der Waals surface area contributed by atoms with Crippen molar-refractivity contribution in [1.29, 1.82) is 0 Å². The maximum atomic E-state index is 10.9.